The lowest BCUT2D eigenvalue weighted by Crippen LogP contribution is -2.32. The van der Waals surface area contributed by atoms with Crippen molar-refractivity contribution in [2.45, 2.75) is 44.8 Å². The number of carbonyl (C=O) groups excluding carboxylic acids is 1. The first-order chi connectivity index (χ1) is 9.98. The molecule has 21 heavy (non-hydrogen) atoms. The molecular weight excluding hydrogens is 270 g/mol. The monoisotopic (exact) mass is 289 g/mol. The first-order valence-electron chi connectivity index (χ1n) is 7.32. The second kappa shape index (κ2) is 4.80. The van der Waals surface area contributed by atoms with Crippen LogP contribution in [-0.4, -0.2) is 27.8 Å². The molecule has 1 aliphatic heterocycles. The van der Waals surface area contributed by atoms with Crippen LogP contribution in [0.15, 0.2) is 18.2 Å². The van der Waals surface area contributed by atoms with Crippen molar-refractivity contribution >= 4 is 11.6 Å². The lowest BCUT2D eigenvalue weighted by atomic mass is 10.1. The quantitative estimate of drug-likeness (QED) is 0.681. The van der Waals surface area contributed by atoms with Crippen LogP contribution in [0.3, 0.4) is 0 Å². The average molecular weight is 289 g/mol. The van der Waals surface area contributed by atoms with Gasteiger partial charge in [0.15, 0.2) is 0 Å². The van der Waals surface area contributed by atoms with E-state index in [-0.39, 0.29) is 22.7 Å². The Morgan fingerprint density at radius 1 is 1.48 bits per heavy atom. The Balaban J connectivity index is 1.97. The zero-order valence-electron chi connectivity index (χ0n) is 12.3. The Morgan fingerprint density at radius 3 is 2.76 bits per heavy atom. The predicted octanol–water partition coefficient (Wildman–Crippen LogP) is 2.28. The maximum atomic E-state index is 12.5. The number of rotatable bonds is 4. The molecule has 1 heterocycles. The van der Waals surface area contributed by atoms with Gasteiger partial charge in [0.25, 0.3) is 5.69 Å². The molecule has 0 aromatic heterocycles. The number of nitrogens with zero attached hydrogens (tertiary/aromatic N) is 2. The highest BCUT2D eigenvalue weighted by atomic mass is 16.6. The highest BCUT2D eigenvalue weighted by molar-refractivity contribution is 5.92. The summed E-state index contributed by atoms with van der Waals surface area (Å²) in [6.45, 7) is 4.42. The molecule has 2 aliphatic rings. The highest BCUT2D eigenvalue weighted by Gasteiger charge is 2.59. The normalized spacial score (nSPS) is 22.9. The Hall–Kier alpha value is -1.95. The fourth-order valence-corrected chi connectivity index (χ4v) is 3.00. The molecule has 1 N–H and O–H groups in total. The first kappa shape index (κ1) is 14.0. The lowest BCUT2D eigenvalue weighted by molar-refractivity contribution is -0.385. The fraction of sp³-hybridized carbons (Fsp3) is 0.533. The van der Waals surface area contributed by atoms with E-state index in [0.29, 0.717) is 12.1 Å². The van der Waals surface area contributed by atoms with Crippen LogP contribution >= 0.6 is 0 Å². The fourth-order valence-electron chi connectivity index (χ4n) is 3.00. The highest BCUT2D eigenvalue weighted by Crippen LogP contribution is 2.46. The van der Waals surface area contributed by atoms with Crippen LogP contribution in [0.4, 0.5) is 5.69 Å². The summed E-state index contributed by atoms with van der Waals surface area (Å²) in [5.41, 5.74) is 1.13. The summed E-state index contributed by atoms with van der Waals surface area (Å²) in [4.78, 5) is 25.0. The number of hydrogen-bond donors (Lipinski definition) is 1. The maximum absolute atomic E-state index is 12.5. The summed E-state index contributed by atoms with van der Waals surface area (Å²) in [5, 5.41) is 14.5. The molecule has 1 spiro atoms. The zero-order chi connectivity index (χ0) is 15.2. The van der Waals surface area contributed by atoms with Crippen molar-refractivity contribution < 1.29 is 9.72 Å². The topological polar surface area (TPSA) is 75.5 Å². The molecule has 1 saturated heterocycles. The van der Waals surface area contributed by atoms with E-state index in [0.717, 1.165) is 24.8 Å². The molecule has 6 nitrogen and oxygen atoms in total. The van der Waals surface area contributed by atoms with E-state index in [1.807, 2.05) is 17.9 Å². The number of aryl methyl sites for hydroxylation is 1. The minimum Gasteiger partial charge on any atom is -0.321 e. The third-order valence-corrected chi connectivity index (χ3v) is 4.36. The summed E-state index contributed by atoms with van der Waals surface area (Å²) in [7, 11) is 0. The van der Waals surface area contributed by atoms with Crippen LogP contribution in [0.1, 0.15) is 43.5 Å². The Labute approximate surface area is 123 Å². The molecule has 112 valence electrons. The molecule has 1 aromatic carbocycles. The SMILES string of the molecule is CCCN1C(=O)C2(CC2)NC1c1ccc(C)c([N+](=O)[O-])c1. The van der Waals surface area contributed by atoms with E-state index in [1.165, 1.54) is 0 Å². The van der Waals surface area contributed by atoms with Crippen LogP contribution < -0.4 is 5.32 Å². The number of benzene rings is 1. The average Bonchev–Trinajstić information content (AvgIpc) is 3.18. The summed E-state index contributed by atoms with van der Waals surface area (Å²) in [5.74, 6) is 0.137. The number of nitro groups is 1. The number of hydrogen-bond acceptors (Lipinski definition) is 4. The number of amides is 1. The second-order valence-electron chi connectivity index (χ2n) is 5.93. The van der Waals surface area contributed by atoms with Crippen molar-refractivity contribution in [2.24, 2.45) is 0 Å². The van der Waals surface area contributed by atoms with Gasteiger partial charge in [-0.3, -0.25) is 20.2 Å². The standard InChI is InChI=1S/C15H19N3O3/c1-3-8-17-13(16-15(6-7-15)14(17)19)11-5-4-10(2)12(9-11)18(20)21/h4-5,9,13,16H,3,6-8H2,1-2H3. The number of nitro benzene ring substituents is 1. The van der Waals surface area contributed by atoms with Gasteiger partial charge >= 0.3 is 0 Å². The molecule has 1 unspecified atom stereocenters. The van der Waals surface area contributed by atoms with Crippen molar-refractivity contribution in [1.82, 2.24) is 10.2 Å². The molecular formula is C15H19N3O3. The van der Waals surface area contributed by atoms with E-state index in [9.17, 15) is 14.9 Å². The molecule has 2 fully saturated rings. The predicted molar refractivity (Wildman–Crippen MR) is 77.7 cm³/mol. The van der Waals surface area contributed by atoms with Crippen molar-refractivity contribution in [2.75, 3.05) is 6.54 Å². The first-order valence-corrected chi connectivity index (χ1v) is 7.32. The van der Waals surface area contributed by atoms with Gasteiger partial charge in [0, 0.05) is 18.2 Å². The Kier molecular flexibility index (Phi) is 3.20. The van der Waals surface area contributed by atoms with Gasteiger partial charge in [-0.05, 0) is 31.7 Å². The second-order valence-corrected chi connectivity index (χ2v) is 5.93. The van der Waals surface area contributed by atoms with Gasteiger partial charge in [-0.1, -0.05) is 19.1 Å². The Morgan fingerprint density at radius 2 is 2.19 bits per heavy atom. The summed E-state index contributed by atoms with van der Waals surface area (Å²) in [6, 6.07) is 5.21. The smallest absolute Gasteiger partial charge is 0.272 e. The third kappa shape index (κ3) is 2.19. The summed E-state index contributed by atoms with van der Waals surface area (Å²) >= 11 is 0. The van der Waals surface area contributed by atoms with Crippen molar-refractivity contribution in [3.8, 4) is 0 Å². The molecule has 1 aromatic rings. The maximum Gasteiger partial charge on any atom is 0.272 e. The molecule has 0 bridgehead atoms. The van der Waals surface area contributed by atoms with Crippen LogP contribution in [-0.2, 0) is 4.79 Å². The summed E-state index contributed by atoms with van der Waals surface area (Å²) in [6.07, 6.45) is 2.33. The van der Waals surface area contributed by atoms with Gasteiger partial charge < -0.3 is 4.90 Å². The van der Waals surface area contributed by atoms with Gasteiger partial charge in [0.05, 0.1) is 4.92 Å². The van der Waals surface area contributed by atoms with Gasteiger partial charge in [-0.15, -0.1) is 0 Å². The zero-order valence-corrected chi connectivity index (χ0v) is 12.3. The molecule has 1 saturated carbocycles. The van der Waals surface area contributed by atoms with E-state index in [1.54, 1.807) is 19.1 Å². The number of nitrogens with one attached hydrogen (secondary N) is 1. The minimum absolute atomic E-state index is 0.106. The molecule has 6 heteroatoms. The molecule has 3 rings (SSSR count). The van der Waals surface area contributed by atoms with E-state index in [4.69, 9.17) is 0 Å². The molecule has 1 amide bonds. The molecule has 1 atom stereocenters. The molecule has 1 aliphatic carbocycles. The minimum atomic E-state index is -0.403. The van der Waals surface area contributed by atoms with Crippen LogP contribution in [0.5, 0.6) is 0 Å². The van der Waals surface area contributed by atoms with Gasteiger partial charge in [-0.25, -0.2) is 0 Å². The van der Waals surface area contributed by atoms with Crippen LogP contribution in [0.25, 0.3) is 0 Å². The van der Waals surface area contributed by atoms with Crippen molar-refractivity contribution in [3.63, 3.8) is 0 Å². The van der Waals surface area contributed by atoms with E-state index >= 15 is 0 Å². The van der Waals surface area contributed by atoms with Crippen molar-refractivity contribution in [1.29, 1.82) is 0 Å². The van der Waals surface area contributed by atoms with E-state index in [2.05, 4.69) is 5.32 Å². The lowest BCUT2D eigenvalue weighted by Gasteiger charge is -2.24. The van der Waals surface area contributed by atoms with E-state index < -0.39 is 5.54 Å². The molecule has 0 radical (unpaired) electrons. The third-order valence-electron chi connectivity index (χ3n) is 4.36. The summed E-state index contributed by atoms with van der Waals surface area (Å²) < 4.78 is 0. The van der Waals surface area contributed by atoms with Gasteiger partial charge in [0.2, 0.25) is 5.91 Å². The largest absolute Gasteiger partial charge is 0.321 e. The Bertz CT molecular complexity index is 610. The van der Waals surface area contributed by atoms with Crippen molar-refractivity contribution in [3.05, 3.63) is 39.4 Å². The van der Waals surface area contributed by atoms with Crippen LogP contribution in [0, 0.1) is 17.0 Å². The number of carbonyl (C=O) groups is 1. The van der Waals surface area contributed by atoms with Crippen LogP contribution in [0.2, 0.25) is 0 Å². The van der Waals surface area contributed by atoms with Gasteiger partial charge in [-0.2, -0.15) is 0 Å². The van der Waals surface area contributed by atoms with Gasteiger partial charge in [0.1, 0.15) is 11.7 Å².